The lowest BCUT2D eigenvalue weighted by molar-refractivity contribution is -0.117. The van der Waals surface area contributed by atoms with Gasteiger partial charge < -0.3 is 10.6 Å². The van der Waals surface area contributed by atoms with Crippen LogP contribution in [0.2, 0.25) is 0 Å². The predicted molar refractivity (Wildman–Crippen MR) is 84.1 cm³/mol. The zero-order valence-electron chi connectivity index (χ0n) is 12.1. The van der Waals surface area contributed by atoms with Gasteiger partial charge >= 0.3 is 0 Å². The van der Waals surface area contributed by atoms with E-state index in [1.54, 1.807) is 6.20 Å². The first-order chi connectivity index (χ1) is 10.2. The molecule has 4 heteroatoms. The SMILES string of the molecule is Cc1ccccc1CNc1ccc(NC(=O)C2CC2)cn1. The van der Waals surface area contributed by atoms with E-state index in [2.05, 4.69) is 34.7 Å². The maximum absolute atomic E-state index is 11.7. The minimum absolute atomic E-state index is 0.109. The monoisotopic (exact) mass is 281 g/mol. The molecule has 1 aliphatic carbocycles. The van der Waals surface area contributed by atoms with Crippen molar-refractivity contribution < 1.29 is 4.79 Å². The molecule has 2 N–H and O–H groups in total. The van der Waals surface area contributed by atoms with Crippen LogP contribution in [0.4, 0.5) is 11.5 Å². The molecule has 0 bridgehead atoms. The number of benzene rings is 1. The molecule has 1 fully saturated rings. The summed E-state index contributed by atoms with van der Waals surface area (Å²) in [5, 5.41) is 6.18. The third kappa shape index (κ3) is 3.60. The van der Waals surface area contributed by atoms with Crippen LogP contribution in [0.5, 0.6) is 0 Å². The minimum Gasteiger partial charge on any atom is -0.366 e. The fourth-order valence-corrected chi connectivity index (χ4v) is 2.16. The first-order valence-corrected chi connectivity index (χ1v) is 7.27. The molecule has 4 nitrogen and oxygen atoms in total. The van der Waals surface area contributed by atoms with E-state index in [-0.39, 0.29) is 11.8 Å². The van der Waals surface area contributed by atoms with Crippen molar-refractivity contribution in [1.29, 1.82) is 0 Å². The van der Waals surface area contributed by atoms with Crippen molar-refractivity contribution in [3.63, 3.8) is 0 Å². The summed E-state index contributed by atoms with van der Waals surface area (Å²) in [6.07, 6.45) is 3.71. The number of amides is 1. The molecule has 0 spiro atoms. The molecule has 0 unspecified atom stereocenters. The van der Waals surface area contributed by atoms with Crippen molar-refractivity contribution in [3.8, 4) is 0 Å². The Bertz CT molecular complexity index is 633. The Hall–Kier alpha value is -2.36. The van der Waals surface area contributed by atoms with E-state index in [1.807, 2.05) is 24.3 Å². The second kappa shape index (κ2) is 5.95. The molecule has 108 valence electrons. The second-order valence-electron chi connectivity index (χ2n) is 5.48. The van der Waals surface area contributed by atoms with Crippen LogP contribution in [0.3, 0.4) is 0 Å². The zero-order valence-corrected chi connectivity index (χ0v) is 12.1. The van der Waals surface area contributed by atoms with Gasteiger partial charge in [0.05, 0.1) is 11.9 Å². The number of carbonyl (C=O) groups excluding carboxylic acids is 1. The van der Waals surface area contributed by atoms with Crippen molar-refractivity contribution in [3.05, 3.63) is 53.7 Å². The second-order valence-corrected chi connectivity index (χ2v) is 5.48. The molecule has 0 saturated heterocycles. The lowest BCUT2D eigenvalue weighted by Gasteiger charge is -2.09. The molecule has 2 aromatic rings. The highest BCUT2D eigenvalue weighted by Gasteiger charge is 2.29. The highest BCUT2D eigenvalue weighted by molar-refractivity contribution is 5.93. The van der Waals surface area contributed by atoms with Gasteiger partial charge in [-0.05, 0) is 43.0 Å². The molecule has 0 aliphatic heterocycles. The van der Waals surface area contributed by atoms with Crippen LogP contribution in [0.25, 0.3) is 0 Å². The Balaban J connectivity index is 1.56. The van der Waals surface area contributed by atoms with Gasteiger partial charge in [-0.15, -0.1) is 0 Å². The summed E-state index contributed by atoms with van der Waals surface area (Å²) in [6, 6.07) is 12.0. The first-order valence-electron chi connectivity index (χ1n) is 7.27. The number of hydrogen-bond acceptors (Lipinski definition) is 3. The molecule has 1 amide bonds. The highest BCUT2D eigenvalue weighted by atomic mass is 16.2. The molecular weight excluding hydrogens is 262 g/mol. The van der Waals surface area contributed by atoms with Gasteiger partial charge in [-0.3, -0.25) is 4.79 Å². The van der Waals surface area contributed by atoms with Crippen molar-refractivity contribution in [2.75, 3.05) is 10.6 Å². The van der Waals surface area contributed by atoms with Gasteiger partial charge in [-0.25, -0.2) is 4.98 Å². The average molecular weight is 281 g/mol. The number of anilines is 2. The van der Waals surface area contributed by atoms with Gasteiger partial charge in [0.25, 0.3) is 0 Å². The number of hydrogen-bond donors (Lipinski definition) is 2. The summed E-state index contributed by atoms with van der Waals surface area (Å²) in [4.78, 5) is 16.0. The molecule has 1 heterocycles. The Labute approximate surface area is 124 Å². The number of carbonyl (C=O) groups is 1. The molecule has 1 saturated carbocycles. The predicted octanol–water partition coefficient (Wildman–Crippen LogP) is 3.35. The summed E-state index contributed by atoms with van der Waals surface area (Å²) in [5.41, 5.74) is 3.28. The van der Waals surface area contributed by atoms with Crippen LogP contribution >= 0.6 is 0 Å². The maximum Gasteiger partial charge on any atom is 0.227 e. The molecule has 1 aromatic heterocycles. The van der Waals surface area contributed by atoms with E-state index in [4.69, 9.17) is 0 Å². The number of nitrogens with zero attached hydrogens (tertiary/aromatic N) is 1. The van der Waals surface area contributed by atoms with Crippen LogP contribution in [0, 0.1) is 12.8 Å². The highest BCUT2D eigenvalue weighted by Crippen LogP contribution is 2.30. The fraction of sp³-hybridized carbons (Fsp3) is 0.294. The summed E-state index contributed by atoms with van der Waals surface area (Å²) in [6.45, 7) is 2.84. The molecule has 3 rings (SSSR count). The van der Waals surface area contributed by atoms with Gasteiger partial charge in [-0.1, -0.05) is 24.3 Å². The van der Waals surface area contributed by atoms with Crippen molar-refractivity contribution in [2.45, 2.75) is 26.3 Å². The van der Waals surface area contributed by atoms with Gasteiger partial charge in [0.2, 0.25) is 5.91 Å². The van der Waals surface area contributed by atoms with E-state index >= 15 is 0 Å². The van der Waals surface area contributed by atoms with Crippen molar-refractivity contribution in [2.24, 2.45) is 5.92 Å². The van der Waals surface area contributed by atoms with Crippen LogP contribution in [0.15, 0.2) is 42.6 Å². The molecule has 21 heavy (non-hydrogen) atoms. The molecule has 0 atom stereocenters. The largest absolute Gasteiger partial charge is 0.366 e. The van der Waals surface area contributed by atoms with Crippen LogP contribution < -0.4 is 10.6 Å². The summed E-state index contributed by atoms with van der Waals surface area (Å²) < 4.78 is 0. The van der Waals surface area contributed by atoms with E-state index in [0.29, 0.717) is 0 Å². The lowest BCUT2D eigenvalue weighted by atomic mass is 10.1. The Morgan fingerprint density at radius 1 is 1.24 bits per heavy atom. The fourth-order valence-electron chi connectivity index (χ4n) is 2.16. The third-order valence-corrected chi connectivity index (χ3v) is 3.70. The first kappa shape index (κ1) is 13.6. The van der Waals surface area contributed by atoms with Crippen LogP contribution in [0.1, 0.15) is 24.0 Å². The van der Waals surface area contributed by atoms with Gasteiger partial charge in [0.15, 0.2) is 0 Å². The number of nitrogens with one attached hydrogen (secondary N) is 2. The average Bonchev–Trinajstić information content (AvgIpc) is 3.33. The number of aryl methyl sites for hydroxylation is 1. The van der Waals surface area contributed by atoms with Gasteiger partial charge in [0.1, 0.15) is 5.82 Å². The summed E-state index contributed by atoms with van der Waals surface area (Å²) >= 11 is 0. The Morgan fingerprint density at radius 3 is 2.71 bits per heavy atom. The molecule has 1 aliphatic rings. The van der Waals surface area contributed by atoms with Gasteiger partial charge in [-0.2, -0.15) is 0 Å². The van der Waals surface area contributed by atoms with E-state index < -0.39 is 0 Å². The van der Waals surface area contributed by atoms with Crippen molar-refractivity contribution >= 4 is 17.4 Å². The van der Waals surface area contributed by atoms with Crippen molar-refractivity contribution in [1.82, 2.24) is 4.98 Å². The molecule has 1 aromatic carbocycles. The van der Waals surface area contributed by atoms with E-state index in [9.17, 15) is 4.79 Å². The Morgan fingerprint density at radius 2 is 2.05 bits per heavy atom. The number of rotatable bonds is 5. The van der Waals surface area contributed by atoms with E-state index in [0.717, 1.165) is 30.9 Å². The summed E-state index contributed by atoms with van der Waals surface area (Å²) in [7, 11) is 0. The molecular formula is C17H19N3O. The van der Waals surface area contributed by atoms with E-state index in [1.165, 1.54) is 11.1 Å². The Kier molecular flexibility index (Phi) is 3.86. The number of pyridine rings is 1. The summed E-state index contributed by atoms with van der Waals surface area (Å²) in [5.74, 6) is 1.13. The lowest BCUT2D eigenvalue weighted by Crippen LogP contribution is -2.13. The van der Waals surface area contributed by atoms with Crippen LogP contribution in [-0.2, 0) is 11.3 Å². The standard InChI is InChI=1S/C17H19N3O/c1-12-4-2-3-5-14(12)10-18-16-9-8-15(11-19-16)20-17(21)13-6-7-13/h2-5,8-9,11,13H,6-7,10H2,1H3,(H,18,19)(H,20,21). The quantitative estimate of drug-likeness (QED) is 0.883. The topological polar surface area (TPSA) is 54.0 Å². The number of aromatic nitrogens is 1. The molecule has 0 radical (unpaired) electrons. The zero-order chi connectivity index (χ0) is 14.7. The third-order valence-electron chi connectivity index (χ3n) is 3.70. The van der Waals surface area contributed by atoms with Crippen LogP contribution in [-0.4, -0.2) is 10.9 Å². The maximum atomic E-state index is 11.7. The van der Waals surface area contributed by atoms with Gasteiger partial charge in [0, 0.05) is 12.5 Å². The normalized spacial score (nSPS) is 13.8. The smallest absolute Gasteiger partial charge is 0.227 e. The minimum atomic E-state index is 0.109.